The Morgan fingerprint density at radius 2 is 1.63 bits per heavy atom. The molecule has 3 atom stereocenters. The first-order valence-corrected chi connectivity index (χ1v) is 14.3. The molecule has 2 aliphatic rings. The van der Waals surface area contributed by atoms with Gasteiger partial charge in [0, 0.05) is 31.1 Å². The van der Waals surface area contributed by atoms with Crippen molar-refractivity contribution in [1.82, 2.24) is 9.21 Å². The van der Waals surface area contributed by atoms with Gasteiger partial charge < -0.3 is 5.11 Å². The third kappa shape index (κ3) is 5.00. The fourth-order valence-electron chi connectivity index (χ4n) is 5.91. The zero-order valence-corrected chi connectivity index (χ0v) is 21.9. The van der Waals surface area contributed by atoms with Crippen LogP contribution in [-0.2, 0) is 16.2 Å². The molecule has 0 spiro atoms. The number of aryl methyl sites for hydroxylation is 1. The van der Waals surface area contributed by atoms with E-state index in [1.165, 1.54) is 16.4 Å². The second-order valence-corrected chi connectivity index (χ2v) is 12.0. The van der Waals surface area contributed by atoms with Gasteiger partial charge in [-0.05, 0) is 55.1 Å². The van der Waals surface area contributed by atoms with Crippen LogP contribution in [0.2, 0.25) is 0 Å². The minimum atomic E-state index is -4.78. The maximum absolute atomic E-state index is 13.7. The summed E-state index contributed by atoms with van der Waals surface area (Å²) in [6.07, 6.45) is -3.55. The number of aliphatic hydroxyl groups is 1. The van der Waals surface area contributed by atoms with Crippen LogP contribution in [0.15, 0.2) is 77.7 Å². The van der Waals surface area contributed by atoms with Crippen LogP contribution >= 0.6 is 0 Å². The van der Waals surface area contributed by atoms with Gasteiger partial charge >= 0.3 is 6.18 Å². The van der Waals surface area contributed by atoms with Crippen molar-refractivity contribution in [2.24, 2.45) is 0 Å². The van der Waals surface area contributed by atoms with E-state index in [1.54, 1.807) is 0 Å². The summed E-state index contributed by atoms with van der Waals surface area (Å²) in [4.78, 5) is 1.40. The van der Waals surface area contributed by atoms with Gasteiger partial charge in [0.25, 0.3) is 0 Å². The van der Waals surface area contributed by atoms with Crippen molar-refractivity contribution in [1.29, 1.82) is 0 Å². The molecule has 2 fully saturated rings. The summed E-state index contributed by atoms with van der Waals surface area (Å²) in [7, 11) is -4.39. The molecule has 2 heterocycles. The maximum atomic E-state index is 13.7. The normalized spacial score (nSPS) is 23.2. The quantitative estimate of drug-likeness (QED) is 0.474. The van der Waals surface area contributed by atoms with Gasteiger partial charge in [0.05, 0.1) is 17.1 Å². The predicted molar refractivity (Wildman–Crippen MR) is 140 cm³/mol. The van der Waals surface area contributed by atoms with E-state index >= 15 is 0 Å². The van der Waals surface area contributed by atoms with E-state index in [0.29, 0.717) is 19.4 Å². The van der Waals surface area contributed by atoms with Crippen molar-refractivity contribution < 1.29 is 26.7 Å². The molecule has 0 aliphatic carbocycles. The predicted octanol–water partition coefficient (Wildman–Crippen LogP) is 5.29. The Kier molecular flexibility index (Phi) is 7.39. The maximum Gasteiger partial charge on any atom is 0.417 e. The molecule has 1 N–H and O–H groups in total. The van der Waals surface area contributed by atoms with Crippen LogP contribution in [0.4, 0.5) is 13.2 Å². The third-order valence-corrected chi connectivity index (χ3v) is 9.71. The highest BCUT2D eigenvalue weighted by atomic mass is 32.2. The summed E-state index contributed by atoms with van der Waals surface area (Å²) in [5, 5.41) is 10.2. The Balaban J connectivity index is 1.45. The van der Waals surface area contributed by atoms with Gasteiger partial charge in [-0.2, -0.15) is 17.5 Å². The lowest BCUT2D eigenvalue weighted by Gasteiger charge is -2.57. The van der Waals surface area contributed by atoms with E-state index in [1.807, 2.05) is 49.4 Å². The molecule has 0 saturated carbocycles. The first-order valence-electron chi connectivity index (χ1n) is 12.8. The summed E-state index contributed by atoms with van der Waals surface area (Å²) in [5.41, 5.74) is 3.14. The van der Waals surface area contributed by atoms with Gasteiger partial charge in [-0.25, -0.2) is 8.42 Å². The number of fused-ring (bicyclic) bond motifs is 1. The van der Waals surface area contributed by atoms with Gasteiger partial charge in [0.1, 0.15) is 0 Å². The Morgan fingerprint density at radius 3 is 2.32 bits per heavy atom. The Morgan fingerprint density at radius 1 is 0.921 bits per heavy atom. The second-order valence-electron chi connectivity index (χ2n) is 10.1. The van der Waals surface area contributed by atoms with Crippen LogP contribution in [0.3, 0.4) is 0 Å². The molecular formula is C29H31F3N2O3S. The van der Waals surface area contributed by atoms with Gasteiger partial charge in [-0.3, -0.25) is 4.90 Å². The molecule has 3 aromatic carbocycles. The molecule has 38 heavy (non-hydrogen) atoms. The lowest BCUT2D eigenvalue weighted by Crippen LogP contribution is -2.67. The Hall–Kier alpha value is -2.72. The minimum absolute atomic E-state index is 0.0648. The highest BCUT2D eigenvalue weighted by Crippen LogP contribution is 2.43. The third-order valence-electron chi connectivity index (χ3n) is 7.79. The fourth-order valence-corrected chi connectivity index (χ4v) is 7.62. The minimum Gasteiger partial charge on any atom is -0.395 e. The summed E-state index contributed by atoms with van der Waals surface area (Å²) < 4.78 is 69.4. The Labute approximate surface area is 221 Å². The molecule has 0 bridgehead atoms. The number of hydrogen-bond donors (Lipinski definition) is 1. The molecular weight excluding hydrogens is 513 g/mol. The van der Waals surface area contributed by atoms with Gasteiger partial charge in [-0.15, -0.1) is 0 Å². The zero-order chi connectivity index (χ0) is 27.1. The molecule has 9 heteroatoms. The van der Waals surface area contributed by atoms with E-state index in [-0.39, 0.29) is 37.7 Å². The van der Waals surface area contributed by atoms with Crippen molar-refractivity contribution in [2.45, 2.75) is 48.8 Å². The number of sulfonamides is 1. The van der Waals surface area contributed by atoms with Crippen LogP contribution in [0, 0.1) is 6.92 Å². The molecule has 2 saturated heterocycles. The smallest absolute Gasteiger partial charge is 0.395 e. The summed E-state index contributed by atoms with van der Waals surface area (Å²) in [6, 6.07) is 20.2. The van der Waals surface area contributed by atoms with E-state index in [0.717, 1.165) is 34.4 Å². The Bertz CT molecular complexity index is 1390. The molecule has 5 rings (SSSR count). The molecule has 0 aromatic heterocycles. The molecule has 0 unspecified atom stereocenters. The number of alkyl halides is 3. The average Bonchev–Trinajstić information content (AvgIpc) is 2.87. The van der Waals surface area contributed by atoms with E-state index in [4.69, 9.17) is 0 Å². The number of nitrogens with zero attached hydrogens (tertiary/aromatic N) is 2. The first-order chi connectivity index (χ1) is 18.1. The fraction of sp³-hybridized carbons (Fsp3) is 0.379. The SMILES string of the molecule is Cc1cccc(-c2ccc([C@@H]3[C@@H](CO)N4CCCCN(S(=O)(=O)c5ccccc5C(F)(F)F)C[C@@H]34)cc2)c1. The van der Waals surface area contributed by atoms with Crippen LogP contribution in [0.1, 0.15) is 35.4 Å². The van der Waals surface area contributed by atoms with Crippen LogP contribution < -0.4 is 0 Å². The lowest BCUT2D eigenvalue weighted by molar-refractivity contribution is -0.139. The molecule has 2 aliphatic heterocycles. The highest BCUT2D eigenvalue weighted by molar-refractivity contribution is 7.89. The topological polar surface area (TPSA) is 60.9 Å². The zero-order valence-electron chi connectivity index (χ0n) is 21.1. The number of hydrogen-bond acceptors (Lipinski definition) is 4. The standard InChI is InChI=1S/C29H31F3N2O3S/c1-20-7-6-8-23(17-20)21-11-13-22(14-12-21)28-25-18-33(15-4-5-16-34(25)26(28)19-35)38(36,37)27-10-3-2-9-24(27)29(30,31)32/h2-3,6-14,17,25-26,28,35H,4-5,15-16,18-19H2,1H3/t25-,26+,28-/m0/s1. The molecule has 5 nitrogen and oxygen atoms in total. The van der Waals surface area contributed by atoms with Crippen molar-refractivity contribution in [3.63, 3.8) is 0 Å². The summed E-state index contributed by atoms with van der Waals surface area (Å²) in [5.74, 6) is -0.139. The van der Waals surface area contributed by atoms with Crippen molar-refractivity contribution in [3.05, 3.63) is 89.5 Å². The number of benzene rings is 3. The van der Waals surface area contributed by atoms with Crippen molar-refractivity contribution in [3.8, 4) is 11.1 Å². The van der Waals surface area contributed by atoms with Gasteiger partial charge in [0.2, 0.25) is 10.0 Å². The molecule has 0 amide bonds. The first kappa shape index (κ1) is 26.9. The average molecular weight is 545 g/mol. The molecule has 202 valence electrons. The van der Waals surface area contributed by atoms with Crippen molar-refractivity contribution in [2.75, 3.05) is 26.2 Å². The van der Waals surface area contributed by atoms with Crippen molar-refractivity contribution >= 4 is 10.0 Å². The number of rotatable bonds is 5. The van der Waals surface area contributed by atoms with Crippen LogP contribution in [0.5, 0.6) is 0 Å². The number of halogens is 3. The van der Waals surface area contributed by atoms with Crippen LogP contribution in [-0.4, -0.2) is 61.1 Å². The monoisotopic (exact) mass is 544 g/mol. The largest absolute Gasteiger partial charge is 0.417 e. The van der Waals surface area contributed by atoms with E-state index in [2.05, 4.69) is 11.0 Å². The summed E-state index contributed by atoms with van der Waals surface area (Å²) >= 11 is 0. The molecule has 3 aromatic rings. The van der Waals surface area contributed by atoms with E-state index < -0.39 is 26.7 Å². The van der Waals surface area contributed by atoms with Gasteiger partial charge in [0.15, 0.2) is 0 Å². The van der Waals surface area contributed by atoms with Crippen LogP contribution in [0.25, 0.3) is 11.1 Å². The highest BCUT2D eigenvalue weighted by Gasteiger charge is 2.50. The lowest BCUT2D eigenvalue weighted by atomic mass is 9.74. The molecule has 0 radical (unpaired) electrons. The van der Waals surface area contributed by atoms with Gasteiger partial charge in [-0.1, -0.05) is 66.2 Å². The number of aliphatic hydroxyl groups excluding tert-OH is 1. The second kappa shape index (κ2) is 10.4. The summed E-state index contributed by atoms with van der Waals surface area (Å²) in [6.45, 7) is 2.89. The van der Waals surface area contributed by atoms with E-state index in [9.17, 15) is 26.7 Å².